The molecular formula is C16H18N2O2. The minimum absolute atomic E-state index is 0.445. The second-order valence-electron chi connectivity index (χ2n) is 4.48. The molecule has 0 atom stereocenters. The van der Waals surface area contributed by atoms with E-state index in [4.69, 9.17) is 9.94 Å². The van der Waals surface area contributed by atoms with E-state index in [1.807, 2.05) is 50.2 Å². The van der Waals surface area contributed by atoms with E-state index in [0.717, 1.165) is 22.6 Å². The predicted molar refractivity (Wildman–Crippen MR) is 78.4 cm³/mol. The maximum absolute atomic E-state index is 8.88. The normalized spacial score (nSPS) is 11.4. The number of ether oxygens (including phenoxy) is 1. The number of hydrogen-bond acceptors (Lipinski definition) is 4. The Labute approximate surface area is 118 Å². The molecule has 0 saturated carbocycles. The second-order valence-corrected chi connectivity index (χ2v) is 4.48. The van der Waals surface area contributed by atoms with Crippen LogP contribution in [0.4, 0.5) is 0 Å². The van der Waals surface area contributed by atoms with E-state index in [-0.39, 0.29) is 0 Å². The predicted octanol–water partition coefficient (Wildman–Crippen LogP) is 3.56. The number of aromatic nitrogens is 1. The molecule has 104 valence electrons. The van der Waals surface area contributed by atoms with Crippen molar-refractivity contribution in [2.24, 2.45) is 5.16 Å². The van der Waals surface area contributed by atoms with Crippen LogP contribution in [0.15, 0.2) is 47.8 Å². The minimum Gasteiger partial charge on any atom is -0.487 e. The van der Waals surface area contributed by atoms with Gasteiger partial charge < -0.3 is 9.94 Å². The third-order valence-electron chi connectivity index (χ3n) is 3.14. The van der Waals surface area contributed by atoms with Crippen molar-refractivity contribution in [3.8, 4) is 5.75 Å². The first-order valence-corrected chi connectivity index (χ1v) is 6.59. The van der Waals surface area contributed by atoms with Gasteiger partial charge in [0.2, 0.25) is 0 Å². The van der Waals surface area contributed by atoms with E-state index >= 15 is 0 Å². The summed E-state index contributed by atoms with van der Waals surface area (Å²) in [5.41, 5.74) is 3.61. The van der Waals surface area contributed by atoms with Gasteiger partial charge in [0.25, 0.3) is 0 Å². The van der Waals surface area contributed by atoms with Crippen LogP contribution in [0.2, 0.25) is 0 Å². The molecule has 2 rings (SSSR count). The van der Waals surface area contributed by atoms with Crippen molar-refractivity contribution in [3.05, 3.63) is 59.4 Å². The fourth-order valence-electron chi connectivity index (χ4n) is 1.90. The zero-order valence-corrected chi connectivity index (χ0v) is 11.7. The highest BCUT2D eigenvalue weighted by Gasteiger charge is 2.03. The Morgan fingerprint density at radius 1 is 1.25 bits per heavy atom. The van der Waals surface area contributed by atoms with Gasteiger partial charge in [-0.3, -0.25) is 4.98 Å². The molecule has 0 radical (unpaired) electrons. The molecule has 0 aliphatic rings. The molecule has 0 bridgehead atoms. The van der Waals surface area contributed by atoms with Crippen LogP contribution in [0, 0.1) is 6.92 Å². The van der Waals surface area contributed by atoms with Crippen LogP contribution in [0.3, 0.4) is 0 Å². The Hall–Kier alpha value is -2.36. The smallest absolute Gasteiger partial charge is 0.130 e. The minimum atomic E-state index is 0.445. The molecule has 0 unspecified atom stereocenters. The zero-order chi connectivity index (χ0) is 14.4. The lowest BCUT2D eigenvalue weighted by molar-refractivity contribution is 0.300. The average molecular weight is 270 g/mol. The molecule has 4 heteroatoms. The van der Waals surface area contributed by atoms with Gasteiger partial charge in [-0.1, -0.05) is 18.1 Å². The van der Waals surface area contributed by atoms with Crippen molar-refractivity contribution >= 4 is 5.71 Å². The molecule has 20 heavy (non-hydrogen) atoms. The van der Waals surface area contributed by atoms with Crippen LogP contribution in [-0.2, 0) is 6.61 Å². The maximum Gasteiger partial charge on any atom is 0.130 e. The fourth-order valence-corrected chi connectivity index (χ4v) is 1.90. The molecule has 4 nitrogen and oxygen atoms in total. The van der Waals surface area contributed by atoms with Gasteiger partial charge >= 0.3 is 0 Å². The number of hydrogen-bond donors (Lipinski definition) is 1. The largest absolute Gasteiger partial charge is 0.487 e. The van der Waals surface area contributed by atoms with Crippen molar-refractivity contribution in [2.45, 2.75) is 26.9 Å². The average Bonchev–Trinajstić information content (AvgIpc) is 2.49. The molecule has 0 saturated heterocycles. The summed E-state index contributed by atoms with van der Waals surface area (Å²) in [4.78, 5) is 4.29. The SMILES string of the molecule is CC/C(=N/O)c1ccc(OCc2ncccc2C)cc1. The van der Waals surface area contributed by atoms with Gasteiger partial charge in [-0.05, 0) is 54.8 Å². The number of nitrogens with zero attached hydrogens (tertiary/aromatic N) is 2. The Morgan fingerprint density at radius 3 is 2.60 bits per heavy atom. The second kappa shape index (κ2) is 6.70. The highest BCUT2D eigenvalue weighted by Crippen LogP contribution is 2.16. The number of aryl methyl sites for hydroxylation is 1. The summed E-state index contributed by atoms with van der Waals surface area (Å²) >= 11 is 0. The third kappa shape index (κ3) is 3.35. The van der Waals surface area contributed by atoms with Crippen LogP contribution in [0.5, 0.6) is 5.75 Å². The maximum atomic E-state index is 8.88. The van der Waals surface area contributed by atoms with E-state index in [1.165, 1.54) is 0 Å². The molecule has 0 amide bonds. The highest BCUT2D eigenvalue weighted by molar-refractivity contribution is 6.00. The van der Waals surface area contributed by atoms with E-state index in [1.54, 1.807) is 6.20 Å². The fraction of sp³-hybridized carbons (Fsp3) is 0.250. The number of rotatable bonds is 5. The van der Waals surface area contributed by atoms with Crippen LogP contribution in [-0.4, -0.2) is 15.9 Å². The molecular weight excluding hydrogens is 252 g/mol. The van der Waals surface area contributed by atoms with E-state index in [0.29, 0.717) is 18.7 Å². The topological polar surface area (TPSA) is 54.7 Å². The summed E-state index contributed by atoms with van der Waals surface area (Å²) in [5, 5.41) is 12.2. The summed E-state index contributed by atoms with van der Waals surface area (Å²) in [5.74, 6) is 0.771. The molecule has 0 spiro atoms. The van der Waals surface area contributed by atoms with Gasteiger partial charge in [0, 0.05) is 6.20 Å². The number of benzene rings is 1. The molecule has 1 aromatic carbocycles. The van der Waals surface area contributed by atoms with Gasteiger partial charge in [0.05, 0.1) is 11.4 Å². The van der Waals surface area contributed by atoms with Gasteiger partial charge in [0.1, 0.15) is 12.4 Å². The summed E-state index contributed by atoms with van der Waals surface area (Å²) in [6.07, 6.45) is 2.45. The Kier molecular flexibility index (Phi) is 4.71. The molecule has 0 aliphatic heterocycles. The van der Waals surface area contributed by atoms with Crippen molar-refractivity contribution in [1.82, 2.24) is 4.98 Å². The Bertz CT molecular complexity index is 592. The van der Waals surface area contributed by atoms with E-state index in [9.17, 15) is 0 Å². The van der Waals surface area contributed by atoms with Crippen LogP contribution in [0.25, 0.3) is 0 Å². The first kappa shape index (κ1) is 14.1. The Morgan fingerprint density at radius 2 is 2.00 bits per heavy atom. The first-order valence-electron chi connectivity index (χ1n) is 6.59. The lowest BCUT2D eigenvalue weighted by atomic mass is 10.1. The van der Waals surface area contributed by atoms with Gasteiger partial charge in [-0.15, -0.1) is 0 Å². The summed E-state index contributed by atoms with van der Waals surface area (Å²) in [6.45, 7) is 4.41. The van der Waals surface area contributed by atoms with Gasteiger partial charge in [-0.25, -0.2) is 0 Å². The van der Waals surface area contributed by atoms with E-state index < -0.39 is 0 Å². The van der Waals surface area contributed by atoms with Crippen molar-refractivity contribution in [2.75, 3.05) is 0 Å². The molecule has 1 heterocycles. The van der Waals surface area contributed by atoms with Crippen molar-refractivity contribution in [1.29, 1.82) is 0 Å². The lowest BCUT2D eigenvalue weighted by Crippen LogP contribution is -2.01. The molecule has 2 aromatic rings. The first-order chi connectivity index (χ1) is 9.74. The van der Waals surface area contributed by atoms with Crippen LogP contribution in [0.1, 0.15) is 30.2 Å². The number of pyridine rings is 1. The monoisotopic (exact) mass is 270 g/mol. The third-order valence-corrected chi connectivity index (χ3v) is 3.14. The molecule has 1 N–H and O–H groups in total. The van der Waals surface area contributed by atoms with Crippen molar-refractivity contribution in [3.63, 3.8) is 0 Å². The van der Waals surface area contributed by atoms with E-state index in [2.05, 4.69) is 10.1 Å². The summed E-state index contributed by atoms with van der Waals surface area (Å²) < 4.78 is 5.71. The quantitative estimate of drug-likeness (QED) is 0.513. The standard InChI is InChI=1S/C16H18N2O2/c1-3-15(18-19)13-6-8-14(9-7-13)20-11-16-12(2)5-4-10-17-16/h4-10,19H,3,11H2,1-2H3/b18-15-. The summed E-state index contributed by atoms with van der Waals surface area (Å²) in [6, 6.07) is 11.4. The molecule has 1 aromatic heterocycles. The molecule has 0 fully saturated rings. The van der Waals surface area contributed by atoms with Gasteiger partial charge in [0.15, 0.2) is 0 Å². The van der Waals surface area contributed by atoms with Crippen molar-refractivity contribution < 1.29 is 9.94 Å². The number of oxime groups is 1. The molecule has 0 aliphatic carbocycles. The Balaban J connectivity index is 2.03. The highest BCUT2D eigenvalue weighted by atomic mass is 16.5. The zero-order valence-electron chi connectivity index (χ0n) is 11.7. The van der Waals surface area contributed by atoms with Gasteiger partial charge in [-0.2, -0.15) is 0 Å². The summed E-state index contributed by atoms with van der Waals surface area (Å²) in [7, 11) is 0. The van der Waals surface area contributed by atoms with Crippen LogP contribution >= 0.6 is 0 Å². The lowest BCUT2D eigenvalue weighted by Gasteiger charge is -2.08. The van der Waals surface area contributed by atoms with Crippen LogP contribution < -0.4 is 4.74 Å².